The second kappa shape index (κ2) is 12.3. The lowest BCUT2D eigenvalue weighted by atomic mass is 9.98. The first-order chi connectivity index (χ1) is 27.7. The van der Waals surface area contributed by atoms with Crippen LogP contribution >= 0.6 is 22.7 Å². The Bertz CT molecular complexity index is 3550. The molecule has 0 bridgehead atoms. The number of hydrogen-bond donors (Lipinski definition) is 0. The van der Waals surface area contributed by atoms with Gasteiger partial charge in [0, 0.05) is 78.8 Å². The molecule has 12 rings (SSSR count). The normalized spacial score (nSPS) is 11.9. The van der Waals surface area contributed by atoms with Gasteiger partial charge in [-0.05, 0) is 53.2 Å². The minimum Gasteiger partial charge on any atom is -0.247 e. The molecule has 0 fully saturated rings. The van der Waals surface area contributed by atoms with Gasteiger partial charge in [-0.25, -0.2) is 19.9 Å². The number of pyridine rings is 1. The molecule has 0 radical (unpaired) electrons. The van der Waals surface area contributed by atoms with Crippen molar-refractivity contribution < 1.29 is 0 Å². The maximum absolute atomic E-state index is 5.28. The van der Waals surface area contributed by atoms with Gasteiger partial charge in [0.2, 0.25) is 0 Å². The summed E-state index contributed by atoms with van der Waals surface area (Å²) in [5.41, 5.74) is 6.04. The summed E-state index contributed by atoms with van der Waals surface area (Å²) in [6.45, 7) is 0. The summed E-state index contributed by atoms with van der Waals surface area (Å²) in [4.78, 5) is 20.9. The number of aromatic nitrogens is 4. The highest BCUT2D eigenvalue weighted by atomic mass is 32.1. The van der Waals surface area contributed by atoms with Crippen LogP contribution in [0.4, 0.5) is 0 Å². The molecule has 0 unspecified atom stereocenters. The van der Waals surface area contributed by atoms with Crippen molar-refractivity contribution in [2.45, 2.75) is 0 Å². The molecule has 56 heavy (non-hydrogen) atoms. The quantitative estimate of drug-likeness (QED) is 0.168. The van der Waals surface area contributed by atoms with Crippen LogP contribution in [0, 0.1) is 0 Å². The predicted octanol–water partition coefficient (Wildman–Crippen LogP) is 14.1. The molecule has 0 aliphatic carbocycles. The molecule has 4 heterocycles. The first-order valence-electron chi connectivity index (χ1n) is 18.6. The summed E-state index contributed by atoms with van der Waals surface area (Å²) >= 11 is 3.64. The van der Waals surface area contributed by atoms with Crippen molar-refractivity contribution in [2.24, 2.45) is 0 Å². The lowest BCUT2D eigenvalue weighted by Gasteiger charge is -2.11. The van der Waals surface area contributed by atoms with Crippen molar-refractivity contribution >= 4 is 95.5 Å². The lowest BCUT2D eigenvalue weighted by molar-refractivity contribution is 1.08. The fraction of sp³-hybridized carbons (Fsp3) is 0. The van der Waals surface area contributed by atoms with Gasteiger partial charge < -0.3 is 0 Å². The molecule has 0 saturated heterocycles. The fourth-order valence-corrected chi connectivity index (χ4v) is 10.6. The topological polar surface area (TPSA) is 51.6 Å². The van der Waals surface area contributed by atoms with Crippen molar-refractivity contribution in [3.8, 4) is 45.4 Å². The van der Waals surface area contributed by atoms with Crippen molar-refractivity contribution in [2.75, 3.05) is 0 Å². The van der Waals surface area contributed by atoms with E-state index in [1.807, 2.05) is 11.3 Å². The largest absolute Gasteiger partial charge is 0.247 e. The minimum absolute atomic E-state index is 0.651. The molecule has 4 aromatic heterocycles. The van der Waals surface area contributed by atoms with E-state index < -0.39 is 0 Å². The summed E-state index contributed by atoms with van der Waals surface area (Å²) in [6.07, 6.45) is 0. The molecule has 0 saturated carbocycles. The maximum Gasteiger partial charge on any atom is 0.164 e. The van der Waals surface area contributed by atoms with E-state index in [4.69, 9.17) is 19.9 Å². The highest BCUT2D eigenvalue weighted by molar-refractivity contribution is 7.27. The molecule has 0 N–H and O–H groups in total. The average Bonchev–Trinajstić information content (AvgIpc) is 3.84. The molecular weight excluding hydrogens is 721 g/mol. The zero-order valence-electron chi connectivity index (χ0n) is 29.8. The molecule has 8 aromatic carbocycles. The summed E-state index contributed by atoms with van der Waals surface area (Å²) in [5.74, 6) is 1.97. The Kier molecular flexibility index (Phi) is 6.93. The van der Waals surface area contributed by atoms with Gasteiger partial charge in [0.05, 0.1) is 11.2 Å². The number of thiophene rings is 2. The van der Waals surface area contributed by atoms with Crippen LogP contribution < -0.4 is 0 Å². The summed E-state index contributed by atoms with van der Waals surface area (Å²) in [7, 11) is 0. The van der Waals surface area contributed by atoms with Gasteiger partial charge in [-0.3, -0.25) is 0 Å². The van der Waals surface area contributed by atoms with Gasteiger partial charge in [-0.1, -0.05) is 127 Å². The van der Waals surface area contributed by atoms with Crippen LogP contribution in [0.5, 0.6) is 0 Å². The number of benzene rings is 8. The third-order valence-corrected chi connectivity index (χ3v) is 13.2. The lowest BCUT2D eigenvalue weighted by Crippen LogP contribution is -2.00. The van der Waals surface area contributed by atoms with Gasteiger partial charge in [-0.15, -0.1) is 22.7 Å². The van der Waals surface area contributed by atoms with Gasteiger partial charge in [-0.2, -0.15) is 0 Å². The van der Waals surface area contributed by atoms with Crippen LogP contribution in [0.15, 0.2) is 170 Å². The van der Waals surface area contributed by atoms with Crippen LogP contribution in [0.1, 0.15) is 0 Å². The third kappa shape index (κ3) is 4.90. The van der Waals surface area contributed by atoms with Crippen molar-refractivity contribution in [3.63, 3.8) is 0 Å². The van der Waals surface area contributed by atoms with Crippen molar-refractivity contribution in [1.29, 1.82) is 0 Å². The first-order valence-corrected chi connectivity index (χ1v) is 20.3. The summed E-state index contributed by atoms with van der Waals surface area (Å²) in [6, 6.07) is 60.1. The Morgan fingerprint density at radius 1 is 0.339 bits per heavy atom. The standard InChI is InChI=1S/C50H28N4S2/c1-2-12-30(13-3-1)46-37-25-24-34-39-28-33(23-26-42(39)56-47(34)45(37)35-15-6-8-18-40(35)51-46)49-52-48(32-22-21-29-11-4-5-14-31(29)27-32)53-50(54-49)38-17-10-20-43-44(38)36-16-7-9-19-41(36)55-43/h1-28H. The Balaban J connectivity index is 1.10. The molecule has 0 spiro atoms. The second-order valence-corrected chi connectivity index (χ2v) is 16.3. The van der Waals surface area contributed by atoms with Crippen LogP contribution in [0.3, 0.4) is 0 Å². The fourth-order valence-electron chi connectivity index (χ4n) is 8.27. The van der Waals surface area contributed by atoms with E-state index in [9.17, 15) is 0 Å². The predicted molar refractivity (Wildman–Crippen MR) is 238 cm³/mol. The van der Waals surface area contributed by atoms with Crippen LogP contribution in [-0.4, -0.2) is 19.9 Å². The maximum atomic E-state index is 5.28. The zero-order valence-corrected chi connectivity index (χ0v) is 31.4. The summed E-state index contributed by atoms with van der Waals surface area (Å²) in [5, 5.41) is 10.7. The Labute approximate surface area is 329 Å². The van der Waals surface area contributed by atoms with Gasteiger partial charge in [0.15, 0.2) is 17.5 Å². The molecule has 260 valence electrons. The molecule has 0 aliphatic heterocycles. The summed E-state index contributed by atoms with van der Waals surface area (Å²) < 4.78 is 4.95. The van der Waals surface area contributed by atoms with E-state index in [-0.39, 0.29) is 0 Å². The smallest absolute Gasteiger partial charge is 0.164 e. The van der Waals surface area contributed by atoms with E-state index in [0.717, 1.165) is 49.6 Å². The van der Waals surface area contributed by atoms with E-state index in [1.54, 1.807) is 11.3 Å². The average molecular weight is 749 g/mol. The Hall–Kier alpha value is -6.86. The van der Waals surface area contributed by atoms with Gasteiger partial charge >= 0.3 is 0 Å². The highest BCUT2D eigenvalue weighted by Crippen LogP contribution is 2.45. The van der Waals surface area contributed by atoms with Gasteiger partial charge in [0.1, 0.15) is 0 Å². The zero-order chi connectivity index (χ0) is 36.7. The van der Waals surface area contributed by atoms with E-state index in [2.05, 4.69) is 170 Å². The molecule has 0 atom stereocenters. The second-order valence-electron chi connectivity index (χ2n) is 14.2. The number of nitrogens with zero attached hydrogens (tertiary/aromatic N) is 4. The number of rotatable bonds is 4. The molecule has 6 heteroatoms. The van der Waals surface area contributed by atoms with Crippen molar-refractivity contribution in [3.05, 3.63) is 170 Å². The van der Waals surface area contributed by atoms with E-state index >= 15 is 0 Å². The molecular formula is C50H28N4S2. The number of hydrogen-bond acceptors (Lipinski definition) is 6. The van der Waals surface area contributed by atoms with E-state index in [1.165, 1.54) is 51.1 Å². The SMILES string of the molecule is c1ccc(-c2nc3ccccc3c3c2ccc2c4cc(-c5nc(-c6ccc7ccccc7c6)nc(-c6cccc7sc8ccccc8c67)n5)ccc4sc23)cc1. The molecule has 0 aliphatic rings. The molecule has 4 nitrogen and oxygen atoms in total. The monoisotopic (exact) mass is 748 g/mol. The third-order valence-electron chi connectivity index (χ3n) is 10.9. The van der Waals surface area contributed by atoms with Crippen LogP contribution in [-0.2, 0) is 0 Å². The van der Waals surface area contributed by atoms with E-state index in [0.29, 0.717) is 17.5 Å². The Morgan fingerprint density at radius 2 is 1.02 bits per heavy atom. The minimum atomic E-state index is 0.651. The van der Waals surface area contributed by atoms with Crippen LogP contribution in [0.25, 0.3) is 118 Å². The van der Waals surface area contributed by atoms with Crippen LogP contribution in [0.2, 0.25) is 0 Å². The first kappa shape index (κ1) is 31.5. The molecule has 0 amide bonds. The highest BCUT2D eigenvalue weighted by Gasteiger charge is 2.20. The van der Waals surface area contributed by atoms with Crippen molar-refractivity contribution in [1.82, 2.24) is 19.9 Å². The Morgan fingerprint density at radius 3 is 1.91 bits per heavy atom. The number of fused-ring (bicyclic) bond motifs is 11. The molecule has 12 aromatic rings. The number of para-hydroxylation sites is 1. The van der Waals surface area contributed by atoms with Gasteiger partial charge in [0.25, 0.3) is 0 Å².